The average Bonchev–Trinajstić information content (AvgIpc) is 2.39. The first-order chi connectivity index (χ1) is 8.54. The molecule has 4 heteroatoms. The third-order valence-electron chi connectivity index (χ3n) is 4.07. The Labute approximate surface area is 110 Å². The Morgan fingerprint density at radius 1 is 1.33 bits per heavy atom. The molecular formula is C14H27NO3. The number of hydrogen-bond acceptors (Lipinski definition) is 4. The van der Waals surface area contributed by atoms with Crippen LogP contribution in [0.2, 0.25) is 0 Å². The van der Waals surface area contributed by atoms with E-state index in [-0.39, 0.29) is 30.0 Å². The number of nitrogens with one attached hydrogen (secondary N) is 1. The Hall–Kier alpha value is -0.610. The van der Waals surface area contributed by atoms with Gasteiger partial charge in [-0.15, -0.1) is 0 Å². The van der Waals surface area contributed by atoms with Crippen LogP contribution in [0.15, 0.2) is 0 Å². The SMILES string of the molecule is COC(=O)[C@@H](NCC1(CO)CCCCC1)C(C)C. The number of ether oxygens (including phenoxy) is 1. The van der Waals surface area contributed by atoms with Crippen molar-refractivity contribution in [1.29, 1.82) is 0 Å². The van der Waals surface area contributed by atoms with E-state index in [1.54, 1.807) is 0 Å². The van der Waals surface area contributed by atoms with Crippen molar-refractivity contribution in [3.8, 4) is 0 Å². The van der Waals surface area contributed by atoms with Crippen molar-refractivity contribution in [1.82, 2.24) is 5.32 Å². The third kappa shape index (κ3) is 3.95. The molecule has 2 N–H and O–H groups in total. The van der Waals surface area contributed by atoms with Crippen LogP contribution in [0.4, 0.5) is 0 Å². The highest BCUT2D eigenvalue weighted by atomic mass is 16.5. The monoisotopic (exact) mass is 257 g/mol. The molecule has 1 saturated carbocycles. The van der Waals surface area contributed by atoms with Crippen LogP contribution < -0.4 is 5.32 Å². The second kappa shape index (κ2) is 7.10. The van der Waals surface area contributed by atoms with Gasteiger partial charge in [0.15, 0.2) is 0 Å². The lowest BCUT2D eigenvalue weighted by molar-refractivity contribution is -0.144. The lowest BCUT2D eigenvalue weighted by atomic mass is 9.74. The Bertz CT molecular complexity index is 260. The van der Waals surface area contributed by atoms with Crippen molar-refractivity contribution < 1.29 is 14.6 Å². The van der Waals surface area contributed by atoms with E-state index in [2.05, 4.69) is 5.32 Å². The van der Waals surface area contributed by atoms with Gasteiger partial charge in [-0.25, -0.2) is 0 Å². The van der Waals surface area contributed by atoms with Crippen LogP contribution in [0.1, 0.15) is 46.0 Å². The van der Waals surface area contributed by atoms with E-state index in [0.717, 1.165) is 12.8 Å². The largest absolute Gasteiger partial charge is 0.468 e. The van der Waals surface area contributed by atoms with E-state index in [1.165, 1.54) is 26.4 Å². The van der Waals surface area contributed by atoms with E-state index < -0.39 is 0 Å². The molecular weight excluding hydrogens is 230 g/mol. The van der Waals surface area contributed by atoms with Crippen molar-refractivity contribution in [2.75, 3.05) is 20.3 Å². The first-order valence-electron chi connectivity index (χ1n) is 6.97. The molecule has 0 unspecified atom stereocenters. The molecule has 0 aromatic rings. The molecule has 106 valence electrons. The van der Waals surface area contributed by atoms with Gasteiger partial charge in [0.05, 0.1) is 7.11 Å². The van der Waals surface area contributed by atoms with Gasteiger partial charge < -0.3 is 15.2 Å². The van der Waals surface area contributed by atoms with Crippen LogP contribution in [0, 0.1) is 11.3 Å². The number of carbonyl (C=O) groups is 1. The first-order valence-corrected chi connectivity index (χ1v) is 6.97. The Morgan fingerprint density at radius 2 is 1.94 bits per heavy atom. The number of hydrogen-bond donors (Lipinski definition) is 2. The summed E-state index contributed by atoms with van der Waals surface area (Å²) in [5.74, 6) is -0.0225. The fourth-order valence-electron chi connectivity index (χ4n) is 2.74. The van der Waals surface area contributed by atoms with Gasteiger partial charge in [0, 0.05) is 18.6 Å². The zero-order valence-corrected chi connectivity index (χ0v) is 11.9. The lowest BCUT2D eigenvalue weighted by Gasteiger charge is -2.37. The minimum Gasteiger partial charge on any atom is -0.468 e. The summed E-state index contributed by atoms with van der Waals surface area (Å²) in [6.07, 6.45) is 5.69. The van der Waals surface area contributed by atoms with E-state index in [0.29, 0.717) is 6.54 Å². The average molecular weight is 257 g/mol. The molecule has 0 amide bonds. The summed E-state index contributed by atoms with van der Waals surface area (Å²) in [6.45, 7) is 4.90. The van der Waals surface area contributed by atoms with Gasteiger partial charge in [0.2, 0.25) is 0 Å². The molecule has 0 aromatic heterocycles. The first kappa shape index (κ1) is 15.4. The second-order valence-electron chi connectivity index (χ2n) is 5.84. The summed E-state index contributed by atoms with van der Waals surface area (Å²) in [6, 6.07) is -0.277. The summed E-state index contributed by atoms with van der Waals surface area (Å²) in [5.41, 5.74) is -0.0423. The molecule has 0 saturated heterocycles. The van der Waals surface area contributed by atoms with Crippen molar-refractivity contribution in [3.05, 3.63) is 0 Å². The third-order valence-corrected chi connectivity index (χ3v) is 4.07. The maximum atomic E-state index is 11.7. The minimum atomic E-state index is -0.277. The van der Waals surface area contributed by atoms with Gasteiger partial charge in [-0.05, 0) is 18.8 Å². The normalized spacial score (nSPS) is 20.7. The number of aliphatic hydroxyl groups excluding tert-OH is 1. The number of methoxy groups -OCH3 is 1. The maximum Gasteiger partial charge on any atom is 0.323 e. The molecule has 1 rings (SSSR count). The molecule has 1 fully saturated rings. The number of carbonyl (C=O) groups excluding carboxylic acids is 1. The van der Waals surface area contributed by atoms with Gasteiger partial charge in [-0.3, -0.25) is 4.79 Å². The van der Waals surface area contributed by atoms with E-state index in [1.807, 2.05) is 13.8 Å². The summed E-state index contributed by atoms with van der Waals surface area (Å²) in [4.78, 5) is 11.7. The van der Waals surface area contributed by atoms with E-state index in [9.17, 15) is 9.90 Å². The molecule has 0 radical (unpaired) electrons. The molecule has 0 aliphatic heterocycles. The van der Waals surface area contributed by atoms with Crippen LogP contribution in [0.5, 0.6) is 0 Å². The number of esters is 1. The molecule has 1 atom stereocenters. The van der Waals surface area contributed by atoms with Gasteiger partial charge in [0.25, 0.3) is 0 Å². The minimum absolute atomic E-state index is 0.0423. The Morgan fingerprint density at radius 3 is 2.39 bits per heavy atom. The van der Waals surface area contributed by atoms with Crippen molar-refractivity contribution >= 4 is 5.97 Å². The van der Waals surface area contributed by atoms with Crippen LogP contribution in [-0.4, -0.2) is 37.4 Å². The standard InChI is InChI=1S/C14H27NO3/c1-11(2)12(13(17)18-3)15-9-14(10-16)7-5-4-6-8-14/h11-12,15-16H,4-10H2,1-3H3/t12-/m0/s1. The van der Waals surface area contributed by atoms with E-state index in [4.69, 9.17) is 4.74 Å². The van der Waals surface area contributed by atoms with Crippen LogP contribution in [0.25, 0.3) is 0 Å². The Balaban J connectivity index is 2.56. The lowest BCUT2D eigenvalue weighted by Crippen LogP contribution is -2.48. The molecule has 0 aromatic carbocycles. The van der Waals surface area contributed by atoms with E-state index >= 15 is 0 Å². The van der Waals surface area contributed by atoms with Crippen LogP contribution >= 0.6 is 0 Å². The highest BCUT2D eigenvalue weighted by molar-refractivity contribution is 5.75. The van der Waals surface area contributed by atoms with Crippen molar-refractivity contribution in [3.63, 3.8) is 0 Å². The van der Waals surface area contributed by atoms with Gasteiger partial charge in [0.1, 0.15) is 6.04 Å². The van der Waals surface area contributed by atoms with Gasteiger partial charge >= 0.3 is 5.97 Å². The maximum absolute atomic E-state index is 11.7. The summed E-state index contributed by atoms with van der Waals surface area (Å²) >= 11 is 0. The molecule has 0 spiro atoms. The quantitative estimate of drug-likeness (QED) is 0.711. The highest BCUT2D eigenvalue weighted by Crippen LogP contribution is 2.35. The summed E-state index contributed by atoms with van der Waals surface area (Å²) < 4.78 is 4.82. The molecule has 1 aliphatic carbocycles. The van der Waals surface area contributed by atoms with Gasteiger partial charge in [-0.2, -0.15) is 0 Å². The summed E-state index contributed by atoms with van der Waals surface area (Å²) in [5, 5.41) is 12.9. The second-order valence-corrected chi connectivity index (χ2v) is 5.84. The molecule has 0 heterocycles. The molecule has 18 heavy (non-hydrogen) atoms. The van der Waals surface area contributed by atoms with Gasteiger partial charge in [-0.1, -0.05) is 33.1 Å². The summed E-state index contributed by atoms with van der Waals surface area (Å²) in [7, 11) is 1.42. The number of aliphatic hydroxyl groups is 1. The molecule has 0 bridgehead atoms. The predicted molar refractivity (Wildman–Crippen MR) is 71.2 cm³/mol. The molecule has 1 aliphatic rings. The molecule has 4 nitrogen and oxygen atoms in total. The van der Waals surface area contributed by atoms with Crippen molar-refractivity contribution in [2.45, 2.75) is 52.0 Å². The Kier molecular flexibility index (Phi) is 6.09. The zero-order chi connectivity index (χ0) is 13.6. The zero-order valence-electron chi connectivity index (χ0n) is 11.9. The smallest absolute Gasteiger partial charge is 0.323 e. The highest BCUT2D eigenvalue weighted by Gasteiger charge is 2.33. The topological polar surface area (TPSA) is 58.6 Å². The predicted octanol–water partition coefficient (Wildman–Crippen LogP) is 1.72. The fraction of sp³-hybridized carbons (Fsp3) is 0.929. The van der Waals surface area contributed by atoms with Crippen molar-refractivity contribution in [2.24, 2.45) is 11.3 Å². The van der Waals surface area contributed by atoms with Crippen LogP contribution in [0.3, 0.4) is 0 Å². The number of rotatable bonds is 6. The fourth-order valence-corrected chi connectivity index (χ4v) is 2.74. The van der Waals surface area contributed by atoms with Crippen LogP contribution in [-0.2, 0) is 9.53 Å².